The van der Waals surface area contributed by atoms with Crippen LogP contribution in [0.5, 0.6) is 0 Å². The molecule has 1 unspecified atom stereocenters. The van der Waals surface area contributed by atoms with E-state index < -0.39 is 0 Å². The molecule has 1 amide bonds. The maximum Gasteiger partial charge on any atom is 0.237 e. The van der Waals surface area contributed by atoms with Gasteiger partial charge >= 0.3 is 0 Å². The van der Waals surface area contributed by atoms with Crippen LogP contribution in [0.4, 0.5) is 0 Å². The van der Waals surface area contributed by atoms with Crippen molar-refractivity contribution < 1.29 is 4.79 Å². The quantitative estimate of drug-likeness (QED) is 0.737. The van der Waals surface area contributed by atoms with Crippen molar-refractivity contribution in [1.29, 1.82) is 0 Å². The van der Waals surface area contributed by atoms with Crippen LogP contribution in [-0.2, 0) is 4.79 Å². The van der Waals surface area contributed by atoms with Gasteiger partial charge < -0.3 is 16.0 Å². The van der Waals surface area contributed by atoms with Gasteiger partial charge in [-0.15, -0.1) is 0 Å². The molecule has 1 rings (SSSR count). The Balaban J connectivity index is 2.47. The molecule has 0 aliphatic carbocycles. The highest BCUT2D eigenvalue weighted by atomic mass is 16.2. The highest BCUT2D eigenvalue weighted by molar-refractivity contribution is 5.82. The number of nitrogens with one attached hydrogen (secondary N) is 1. The molecule has 5 nitrogen and oxygen atoms in total. The molecule has 0 radical (unpaired) electrons. The Hall–Kier alpha value is -0.650. The second-order valence-corrected chi connectivity index (χ2v) is 6.78. The van der Waals surface area contributed by atoms with Crippen molar-refractivity contribution in [1.82, 2.24) is 15.1 Å². The molecule has 3 N–H and O–H groups in total. The van der Waals surface area contributed by atoms with E-state index in [-0.39, 0.29) is 17.5 Å². The third-order valence-corrected chi connectivity index (χ3v) is 4.57. The number of carbonyl (C=O) groups excluding carboxylic acids is 1. The summed E-state index contributed by atoms with van der Waals surface area (Å²) in [4.78, 5) is 17.2. The molecule has 1 saturated heterocycles. The van der Waals surface area contributed by atoms with Gasteiger partial charge in [0.05, 0.1) is 6.04 Å². The average Bonchev–Trinajstić information content (AvgIpc) is 2.69. The molecule has 0 aromatic carbocycles. The summed E-state index contributed by atoms with van der Waals surface area (Å²) in [5.74, 6) is 0.150. The number of hydrogen-bond donors (Lipinski definition) is 2. The van der Waals surface area contributed by atoms with Gasteiger partial charge in [0.25, 0.3) is 0 Å². The number of amides is 1. The van der Waals surface area contributed by atoms with Gasteiger partial charge in [0.15, 0.2) is 0 Å². The molecule has 1 aliphatic heterocycles. The molecule has 0 saturated carbocycles. The number of nitrogens with zero attached hydrogens (tertiary/aromatic N) is 2. The van der Waals surface area contributed by atoms with Crippen molar-refractivity contribution in [3.05, 3.63) is 0 Å². The van der Waals surface area contributed by atoms with Crippen molar-refractivity contribution in [3.8, 4) is 0 Å². The molecule has 1 atom stereocenters. The van der Waals surface area contributed by atoms with E-state index in [9.17, 15) is 4.79 Å². The molecule has 21 heavy (non-hydrogen) atoms. The molecule has 1 fully saturated rings. The highest BCUT2D eigenvalue weighted by Crippen LogP contribution is 2.11. The Morgan fingerprint density at radius 3 is 2.62 bits per heavy atom. The minimum atomic E-state index is -0.121. The van der Waals surface area contributed by atoms with E-state index in [1.165, 1.54) is 0 Å². The van der Waals surface area contributed by atoms with Crippen LogP contribution in [0.15, 0.2) is 0 Å². The Bertz CT molecular complexity index is 319. The molecule has 1 heterocycles. The molecule has 1 aliphatic rings. The molecular formula is C16H34N4O. The van der Waals surface area contributed by atoms with Gasteiger partial charge in [-0.3, -0.25) is 9.69 Å². The van der Waals surface area contributed by atoms with Crippen LogP contribution >= 0.6 is 0 Å². The van der Waals surface area contributed by atoms with E-state index in [0.717, 1.165) is 58.5 Å². The van der Waals surface area contributed by atoms with Crippen LogP contribution in [0.25, 0.3) is 0 Å². The van der Waals surface area contributed by atoms with Crippen LogP contribution < -0.4 is 11.1 Å². The molecule has 124 valence electrons. The summed E-state index contributed by atoms with van der Waals surface area (Å²) in [6.45, 7) is 14.2. The van der Waals surface area contributed by atoms with E-state index in [1.54, 1.807) is 0 Å². The normalized spacial score (nSPS) is 20.0. The van der Waals surface area contributed by atoms with Crippen LogP contribution in [0, 0.1) is 0 Å². The van der Waals surface area contributed by atoms with E-state index in [2.05, 4.69) is 35.9 Å². The Kier molecular flexibility index (Phi) is 7.63. The van der Waals surface area contributed by atoms with E-state index >= 15 is 0 Å². The molecule has 0 bridgehead atoms. The minimum absolute atomic E-state index is 0.0507. The summed E-state index contributed by atoms with van der Waals surface area (Å²) in [7, 11) is 0. The first-order chi connectivity index (χ1) is 9.89. The fourth-order valence-corrected chi connectivity index (χ4v) is 2.61. The summed E-state index contributed by atoms with van der Waals surface area (Å²) in [6.07, 6.45) is 3.12. The fourth-order valence-electron chi connectivity index (χ4n) is 2.61. The number of nitrogens with two attached hydrogens (primary N) is 1. The first kappa shape index (κ1) is 18.4. The van der Waals surface area contributed by atoms with Gasteiger partial charge in [0.1, 0.15) is 0 Å². The highest BCUT2D eigenvalue weighted by Gasteiger charge is 2.27. The maximum atomic E-state index is 12.4. The largest absolute Gasteiger partial charge is 0.350 e. The third-order valence-electron chi connectivity index (χ3n) is 4.57. The zero-order valence-corrected chi connectivity index (χ0v) is 14.3. The van der Waals surface area contributed by atoms with Crippen molar-refractivity contribution >= 4 is 5.91 Å². The Morgan fingerprint density at radius 1 is 1.29 bits per heavy atom. The van der Waals surface area contributed by atoms with Crippen LogP contribution in [-0.4, -0.2) is 66.6 Å². The maximum absolute atomic E-state index is 12.4. The number of carbonyl (C=O) groups is 1. The Labute approximate surface area is 130 Å². The van der Waals surface area contributed by atoms with E-state index in [0.29, 0.717) is 0 Å². The summed E-state index contributed by atoms with van der Waals surface area (Å²) in [5, 5.41) is 3.16. The van der Waals surface area contributed by atoms with Crippen LogP contribution in [0.2, 0.25) is 0 Å². The lowest BCUT2D eigenvalue weighted by Crippen LogP contribution is -2.52. The third kappa shape index (κ3) is 6.32. The number of rotatable bonds is 7. The number of hydrogen-bond acceptors (Lipinski definition) is 4. The van der Waals surface area contributed by atoms with Gasteiger partial charge in [-0.1, -0.05) is 6.92 Å². The van der Waals surface area contributed by atoms with Crippen LogP contribution in [0.3, 0.4) is 0 Å². The van der Waals surface area contributed by atoms with Crippen LogP contribution in [0.1, 0.15) is 47.0 Å². The monoisotopic (exact) mass is 298 g/mol. The summed E-state index contributed by atoms with van der Waals surface area (Å²) in [5.41, 5.74) is 5.46. The van der Waals surface area contributed by atoms with E-state index in [4.69, 9.17) is 5.73 Å². The van der Waals surface area contributed by atoms with Crippen molar-refractivity contribution in [2.45, 2.75) is 58.5 Å². The first-order valence-electron chi connectivity index (χ1n) is 8.38. The Morgan fingerprint density at radius 2 is 2.00 bits per heavy atom. The second-order valence-electron chi connectivity index (χ2n) is 6.78. The van der Waals surface area contributed by atoms with Gasteiger partial charge in [0, 0.05) is 25.2 Å². The predicted octanol–water partition coefficient (Wildman–Crippen LogP) is 1.04. The zero-order valence-electron chi connectivity index (χ0n) is 14.3. The van der Waals surface area contributed by atoms with Crippen molar-refractivity contribution in [2.75, 3.05) is 39.3 Å². The lowest BCUT2D eigenvalue weighted by molar-refractivity contribution is -0.127. The van der Waals surface area contributed by atoms with Crippen molar-refractivity contribution in [3.63, 3.8) is 0 Å². The van der Waals surface area contributed by atoms with Gasteiger partial charge in [0.2, 0.25) is 5.91 Å². The molecule has 0 aromatic rings. The summed E-state index contributed by atoms with van der Waals surface area (Å²) < 4.78 is 0. The van der Waals surface area contributed by atoms with Gasteiger partial charge in [-0.25, -0.2) is 0 Å². The lowest BCUT2D eigenvalue weighted by atomic mass is 10.0. The second kappa shape index (κ2) is 8.71. The molecule has 5 heteroatoms. The first-order valence-corrected chi connectivity index (χ1v) is 8.38. The van der Waals surface area contributed by atoms with Crippen molar-refractivity contribution in [2.24, 2.45) is 5.73 Å². The van der Waals surface area contributed by atoms with Gasteiger partial charge in [-0.05, 0) is 59.7 Å². The summed E-state index contributed by atoms with van der Waals surface area (Å²) in [6, 6.07) is -0.0507. The summed E-state index contributed by atoms with van der Waals surface area (Å²) >= 11 is 0. The topological polar surface area (TPSA) is 61.6 Å². The standard InChI is InChI=1S/C16H34N4O/c1-5-16(3,4)18-15(21)14(2)20-11-7-10-19(12-13-20)9-6-8-17/h14H,5-13,17H2,1-4H3,(H,18,21). The molecule has 0 spiro atoms. The molecule has 0 aromatic heterocycles. The SMILES string of the molecule is CCC(C)(C)NC(=O)C(C)N1CCCN(CCCN)CC1. The lowest BCUT2D eigenvalue weighted by Gasteiger charge is -2.31. The minimum Gasteiger partial charge on any atom is -0.350 e. The predicted molar refractivity (Wildman–Crippen MR) is 88.3 cm³/mol. The fraction of sp³-hybridized carbons (Fsp3) is 0.938. The van der Waals surface area contributed by atoms with Gasteiger partial charge in [-0.2, -0.15) is 0 Å². The average molecular weight is 298 g/mol. The zero-order chi connectivity index (χ0) is 15.9. The molecular weight excluding hydrogens is 264 g/mol. The smallest absolute Gasteiger partial charge is 0.237 e. The van der Waals surface area contributed by atoms with E-state index in [1.807, 2.05) is 6.92 Å².